The van der Waals surface area contributed by atoms with Crippen molar-refractivity contribution in [1.82, 2.24) is 8.87 Å². The zero-order chi connectivity index (χ0) is 31.8. The fourth-order valence-electron chi connectivity index (χ4n) is 6.49. The third-order valence-electron chi connectivity index (χ3n) is 8.92. The van der Waals surface area contributed by atoms with Gasteiger partial charge in [-0.05, 0) is 85.3 Å². The van der Waals surface area contributed by atoms with E-state index < -0.39 is 15.9 Å². The first-order valence-electron chi connectivity index (χ1n) is 15.4. The molecule has 2 N–H and O–H groups in total. The Kier molecular flexibility index (Phi) is 7.72. The van der Waals surface area contributed by atoms with Crippen molar-refractivity contribution in [2.24, 2.45) is 5.73 Å². The molecule has 0 aliphatic carbocycles. The first kappa shape index (κ1) is 29.6. The summed E-state index contributed by atoms with van der Waals surface area (Å²) in [4.78, 5) is 16.5. The molecule has 1 aliphatic rings. The lowest BCUT2D eigenvalue weighted by Crippen LogP contribution is -2.46. The van der Waals surface area contributed by atoms with E-state index in [1.807, 2.05) is 48.5 Å². The van der Waals surface area contributed by atoms with E-state index in [-0.39, 0.29) is 10.7 Å². The number of hydrogen-bond donors (Lipinski definition) is 1. The van der Waals surface area contributed by atoms with Crippen molar-refractivity contribution in [3.05, 3.63) is 108 Å². The third kappa shape index (κ3) is 5.49. The number of carbonyl (C=O) groups is 1. The van der Waals surface area contributed by atoms with Gasteiger partial charge in [-0.25, -0.2) is 12.4 Å². The molecule has 9 nitrogen and oxygen atoms in total. The Hall–Kier alpha value is -5.11. The number of hydrogen-bond acceptors (Lipinski definition) is 7. The van der Waals surface area contributed by atoms with Crippen LogP contribution in [0.1, 0.15) is 34.5 Å². The van der Waals surface area contributed by atoms with Gasteiger partial charge in [0.05, 0.1) is 22.0 Å². The van der Waals surface area contributed by atoms with Crippen molar-refractivity contribution in [1.29, 1.82) is 5.26 Å². The van der Waals surface area contributed by atoms with Crippen LogP contribution in [-0.4, -0.2) is 55.9 Å². The standard InChI is InChI=1S/C36H33N5O4S/c37-23-25-11-13-32-31(20-25)27(24-41(32)46(43,44)35-10-5-8-26-6-1-2-9-30(26)35)7-3-4-15-39-16-18-40(19-17-39)29-12-14-33-28(21-29)22-34(45-33)36(38)42/h1-2,5-6,8-14,20-22,24H,3-4,7,15-19H2,(H2,38,42). The first-order chi connectivity index (χ1) is 22.3. The molecule has 0 unspecified atom stereocenters. The summed E-state index contributed by atoms with van der Waals surface area (Å²) in [6, 6.07) is 27.9. The summed E-state index contributed by atoms with van der Waals surface area (Å²) in [7, 11) is -3.89. The lowest BCUT2D eigenvalue weighted by molar-refractivity contribution is 0.0976. The maximum absolute atomic E-state index is 14.1. The molecule has 0 bridgehead atoms. The Labute approximate surface area is 267 Å². The fourth-order valence-corrected chi connectivity index (χ4v) is 8.10. The number of carbonyl (C=O) groups excluding carboxylic acids is 1. The number of furan rings is 1. The van der Waals surface area contributed by atoms with Crippen molar-refractivity contribution in [3.8, 4) is 6.07 Å². The number of aryl methyl sites for hydroxylation is 1. The second kappa shape index (κ2) is 12.0. The highest BCUT2D eigenvalue weighted by Gasteiger charge is 2.24. The van der Waals surface area contributed by atoms with Gasteiger partial charge in [0.2, 0.25) is 0 Å². The first-order valence-corrected chi connectivity index (χ1v) is 16.8. The van der Waals surface area contributed by atoms with Crippen molar-refractivity contribution in [3.63, 3.8) is 0 Å². The minimum atomic E-state index is -3.89. The summed E-state index contributed by atoms with van der Waals surface area (Å²) in [6.45, 7) is 4.60. The van der Waals surface area contributed by atoms with Crippen LogP contribution < -0.4 is 10.6 Å². The highest BCUT2D eigenvalue weighted by molar-refractivity contribution is 7.90. The van der Waals surface area contributed by atoms with E-state index in [0.29, 0.717) is 28.5 Å². The number of nitriles is 1. The van der Waals surface area contributed by atoms with Crippen LogP contribution in [0.15, 0.2) is 100 Å². The molecule has 1 amide bonds. The Morgan fingerprint density at radius 1 is 0.870 bits per heavy atom. The third-order valence-corrected chi connectivity index (χ3v) is 10.7. The van der Waals surface area contributed by atoms with Crippen LogP contribution in [0.5, 0.6) is 0 Å². The van der Waals surface area contributed by atoms with Gasteiger partial charge in [0.15, 0.2) is 5.76 Å². The van der Waals surface area contributed by atoms with Gasteiger partial charge in [0, 0.05) is 54.2 Å². The Balaban J connectivity index is 1.02. The van der Waals surface area contributed by atoms with Gasteiger partial charge >= 0.3 is 0 Å². The second-order valence-electron chi connectivity index (χ2n) is 11.8. The molecule has 1 fully saturated rings. The van der Waals surface area contributed by atoms with Gasteiger partial charge in [0.25, 0.3) is 15.9 Å². The van der Waals surface area contributed by atoms with Gasteiger partial charge in [0.1, 0.15) is 5.58 Å². The number of piperazine rings is 1. The van der Waals surface area contributed by atoms with Crippen LogP contribution in [0.3, 0.4) is 0 Å². The van der Waals surface area contributed by atoms with Crippen LogP contribution in [0, 0.1) is 11.3 Å². The molecule has 0 saturated carbocycles. The molecule has 6 aromatic rings. The molecule has 0 radical (unpaired) electrons. The quantitative estimate of drug-likeness (QED) is 0.197. The zero-order valence-corrected chi connectivity index (χ0v) is 26.0. The van der Waals surface area contributed by atoms with Crippen LogP contribution >= 0.6 is 0 Å². The smallest absolute Gasteiger partial charge is 0.284 e. The molecule has 10 heteroatoms. The number of aromatic nitrogens is 1. The van der Waals surface area contributed by atoms with Crippen molar-refractivity contribution in [2.75, 3.05) is 37.6 Å². The van der Waals surface area contributed by atoms with E-state index >= 15 is 0 Å². The number of amides is 1. The van der Waals surface area contributed by atoms with Crippen molar-refractivity contribution >= 4 is 54.3 Å². The maximum atomic E-state index is 14.1. The Morgan fingerprint density at radius 3 is 2.48 bits per heavy atom. The molecule has 232 valence electrons. The average Bonchev–Trinajstić information content (AvgIpc) is 3.68. The minimum Gasteiger partial charge on any atom is -0.451 e. The predicted molar refractivity (Wildman–Crippen MR) is 180 cm³/mol. The van der Waals surface area contributed by atoms with Crippen molar-refractivity contribution in [2.45, 2.75) is 24.2 Å². The number of nitrogens with zero attached hydrogens (tertiary/aromatic N) is 4. The summed E-state index contributed by atoms with van der Waals surface area (Å²) in [5, 5.41) is 12.8. The largest absolute Gasteiger partial charge is 0.451 e. The molecular formula is C36H33N5O4S. The lowest BCUT2D eigenvalue weighted by Gasteiger charge is -2.36. The molecule has 0 atom stereocenters. The summed E-state index contributed by atoms with van der Waals surface area (Å²) in [5.41, 5.74) is 9.12. The van der Waals surface area contributed by atoms with Gasteiger partial charge in [-0.1, -0.05) is 36.4 Å². The van der Waals surface area contributed by atoms with Crippen LogP contribution in [0.25, 0.3) is 32.6 Å². The molecule has 2 aromatic heterocycles. The summed E-state index contributed by atoms with van der Waals surface area (Å²) in [6.07, 6.45) is 4.31. The molecule has 1 aliphatic heterocycles. The topological polar surface area (TPSA) is 126 Å². The van der Waals surface area contributed by atoms with E-state index in [4.69, 9.17) is 10.2 Å². The fraction of sp³-hybridized carbons (Fsp3) is 0.222. The van der Waals surface area contributed by atoms with Crippen LogP contribution in [0.2, 0.25) is 0 Å². The second-order valence-corrected chi connectivity index (χ2v) is 13.5. The minimum absolute atomic E-state index is 0.165. The number of rotatable bonds is 9. The van der Waals surface area contributed by atoms with Crippen LogP contribution in [0.4, 0.5) is 5.69 Å². The highest BCUT2D eigenvalue weighted by Crippen LogP contribution is 2.31. The molecule has 1 saturated heterocycles. The van der Waals surface area contributed by atoms with Gasteiger partial charge < -0.3 is 15.1 Å². The van der Waals surface area contributed by atoms with Crippen molar-refractivity contribution < 1.29 is 17.6 Å². The van der Waals surface area contributed by atoms with Gasteiger partial charge in [-0.2, -0.15) is 5.26 Å². The van der Waals surface area contributed by atoms with Gasteiger partial charge in [-0.15, -0.1) is 0 Å². The van der Waals surface area contributed by atoms with Crippen LogP contribution in [-0.2, 0) is 16.4 Å². The van der Waals surface area contributed by atoms with E-state index in [0.717, 1.165) is 73.0 Å². The molecule has 7 rings (SSSR count). The number of anilines is 1. The number of benzene rings is 4. The summed E-state index contributed by atoms with van der Waals surface area (Å²) in [5.74, 6) is -0.409. The monoisotopic (exact) mass is 631 g/mol. The lowest BCUT2D eigenvalue weighted by atomic mass is 10.1. The summed E-state index contributed by atoms with van der Waals surface area (Å²) < 4.78 is 35.0. The summed E-state index contributed by atoms with van der Waals surface area (Å²) >= 11 is 0. The number of primary amides is 1. The molecule has 3 heterocycles. The van der Waals surface area contributed by atoms with E-state index in [1.165, 1.54) is 3.97 Å². The highest BCUT2D eigenvalue weighted by atomic mass is 32.2. The predicted octanol–water partition coefficient (Wildman–Crippen LogP) is 5.89. The molecular weight excluding hydrogens is 598 g/mol. The molecule has 4 aromatic carbocycles. The number of nitrogens with two attached hydrogens (primary N) is 1. The van der Waals surface area contributed by atoms with E-state index in [2.05, 4.69) is 15.9 Å². The number of fused-ring (bicyclic) bond motifs is 3. The number of unbranched alkanes of at least 4 members (excludes halogenated alkanes) is 1. The molecule has 0 spiro atoms. The van der Waals surface area contributed by atoms with E-state index in [9.17, 15) is 18.5 Å². The Bertz CT molecular complexity index is 2250. The van der Waals surface area contributed by atoms with E-state index in [1.54, 1.807) is 42.6 Å². The van der Waals surface area contributed by atoms with Gasteiger partial charge in [-0.3, -0.25) is 9.69 Å². The average molecular weight is 632 g/mol. The Morgan fingerprint density at radius 2 is 1.67 bits per heavy atom. The maximum Gasteiger partial charge on any atom is 0.284 e. The zero-order valence-electron chi connectivity index (χ0n) is 25.2. The molecule has 46 heavy (non-hydrogen) atoms. The normalized spacial score (nSPS) is 14.3. The SMILES string of the molecule is N#Cc1ccc2c(c1)c(CCCCN1CCN(c3ccc4oc(C(N)=O)cc4c3)CC1)cn2S(=O)(=O)c1cccc2ccccc12.